The quantitative estimate of drug-likeness (QED) is 0.338. The van der Waals surface area contributed by atoms with E-state index in [0.29, 0.717) is 5.57 Å². The van der Waals surface area contributed by atoms with Gasteiger partial charge in [0, 0.05) is 12.0 Å². The average molecular weight is 376 g/mol. The van der Waals surface area contributed by atoms with E-state index in [1.165, 1.54) is 0 Å². The molecule has 146 valence electrons. The molecule has 7 atom stereocenters. The van der Waals surface area contributed by atoms with Gasteiger partial charge in [-0.05, 0) is 45.4 Å². The van der Waals surface area contributed by atoms with Gasteiger partial charge in [-0.15, -0.1) is 0 Å². The van der Waals surface area contributed by atoms with Crippen molar-refractivity contribution in [3.05, 3.63) is 36.0 Å². The molecule has 2 bridgehead atoms. The molecule has 4 aliphatic heterocycles. The first-order valence-electron chi connectivity index (χ1n) is 9.08. The second kappa shape index (κ2) is 5.53. The number of aliphatic hydroxyl groups is 1. The maximum atomic E-state index is 12.7. The Labute approximate surface area is 157 Å². The second-order valence-corrected chi connectivity index (χ2v) is 8.23. The molecule has 27 heavy (non-hydrogen) atoms. The van der Waals surface area contributed by atoms with Crippen LogP contribution in [-0.2, 0) is 28.5 Å². The van der Waals surface area contributed by atoms with Crippen LogP contribution >= 0.6 is 0 Å². The Bertz CT molecular complexity index is 798. The minimum atomic E-state index is -1.59. The van der Waals surface area contributed by atoms with Gasteiger partial charge < -0.3 is 24.1 Å². The first kappa shape index (κ1) is 18.4. The Morgan fingerprint density at radius 1 is 1.37 bits per heavy atom. The molecule has 0 unspecified atom stereocenters. The summed E-state index contributed by atoms with van der Waals surface area (Å²) in [4.78, 5) is 24.8. The fraction of sp³-hybridized carbons (Fsp3) is 0.600. The van der Waals surface area contributed by atoms with E-state index in [4.69, 9.17) is 18.9 Å². The Morgan fingerprint density at radius 2 is 2.04 bits per heavy atom. The highest BCUT2D eigenvalue weighted by Gasteiger charge is 2.59. The predicted octanol–water partition coefficient (Wildman–Crippen LogP) is 1.56. The standard InChI is InChI=1S/C20H24O7/c1-10-8-13-15(11(2)16(21)24-13)14(25-17(22)19(5)12(3)26-19)9-18(4)6-7-20(10,23)27-18/h6-8,12-15,23H,2,9H2,1,3-5H3/b10-8-/t12-,13-,14-,15+,18+,19+,20-/m1/s1. The summed E-state index contributed by atoms with van der Waals surface area (Å²) in [6, 6.07) is 0. The summed E-state index contributed by atoms with van der Waals surface area (Å²) >= 11 is 0. The third-order valence-electron chi connectivity index (χ3n) is 6.10. The van der Waals surface area contributed by atoms with Crippen LogP contribution in [0.1, 0.15) is 34.1 Å². The number of hydrogen-bond acceptors (Lipinski definition) is 7. The summed E-state index contributed by atoms with van der Waals surface area (Å²) in [6.07, 6.45) is 3.54. The van der Waals surface area contributed by atoms with Crippen LogP contribution in [-0.4, -0.2) is 52.3 Å². The van der Waals surface area contributed by atoms with Gasteiger partial charge in [0.05, 0.1) is 17.6 Å². The Hall–Kier alpha value is -1.96. The van der Waals surface area contributed by atoms with Crippen molar-refractivity contribution in [2.45, 2.75) is 69.4 Å². The summed E-state index contributed by atoms with van der Waals surface area (Å²) in [7, 11) is 0. The van der Waals surface area contributed by atoms with Gasteiger partial charge in [-0.25, -0.2) is 9.59 Å². The Morgan fingerprint density at radius 3 is 2.67 bits per heavy atom. The fourth-order valence-electron chi connectivity index (χ4n) is 4.02. The first-order chi connectivity index (χ1) is 12.5. The lowest BCUT2D eigenvalue weighted by Gasteiger charge is -2.33. The zero-order valence-electron chi connectivity index (χ0n) is 15.9. The predicted molar refractivity (Wildman–Crippen MR) is 93.3 cm³/mol. The highest BCUT2D eigenvalue weighted by molar-refractivity contribution is 5.91. The summed E-state index contributed by atoms with van der Waals surface area (Å²) in [5.41, 5.74) is -1.13. The maximum Gasteiger partial charge on any atom is 0.341 e. The van der Waals surface area contributed by atoms with Crippen LogP contribution in [0.5, 0.6) is 0 Å². The van der Waals surface area contributed by atoms with Gasteiger partial charge in [-0.3, -0.25) is 0 Å². The van der Waals surface area contributed by atoms with E-state index in [0.717, 1.165) is 0 Å². The zero-order valence-corrected chi connectivity index (χ0v) is 15.9. The van der Waals surface area contributed by atoms with Crippen LogP contribution in [0.25, 0.3) is 0 Å². The molecule has 0 aromatic carbocycles. The van der Waals surface area contributed by atoms with E-state index in [-0.39, 0.29) is 18.1 Å². The molecule has 4 heterocycles. The van der Waals surface area contributed by atoms with Crippen LogP contribution in [0.3, 0.4) is 0 Å². The van der Waals surface area contributed by atoms with Crippen molar-refractivity contribution in [3.8, 4) is 0 Å². The third-order valence-corrected chi connectivity index (χ3v) is 6.10. The van der Waals surface area contributed by atoms with Crippen LogP contribution in [0.2, 0.25) is 0 Å². The molecular formula is C20H24O7. The third kappa shape index (κ3) is 2.76. The van der Waals surface area contributed by atoms with Gasteiger partial charge in [0.1, 0.15) is 12.2 Å². The van der Waals surface area contributed by atoms with Crippen molar-refractivity contribution < 1.29 is 33.6 Å². The lowest BCUT2D eigenvalue weighted by molar-refractivity contribution is -0.190. The molecule has 2 saturated heterocycles. The van der Waals surface area contributed by atoms with Crippen molar-refractivity contribution in [1.29, 1.82) is 0 Å². The molecule has 0 aromatic heterocycles. The lowest BCUT2D eigenvalue weighted by atomic mass is 9.83. The summed E-state index contributed by atoms with van der Waals surface area (Å²) in [6.45, 7) is 10.8. The number of fused-ring (bicyclic) bond motifs is 3. The molecule has 7 heteroatoms. The molecule has 0 aromatic rings. The number of carbonyl (C=O) groups is 2. The molecule has 0 spiro atoms. The largest absolute Gasteiger partial charge is 0.459 e. The van der Waals surface area contributed by atoms with E-state index >= 15 is 0 Å². The summed E-state index contributed by atoms with van der Waals surface area (Å²) in [5, 5.41) is 10.8. The molecule has 4 aliphatic rings. The number of hydrogen-bond donors (Lipinski definition) is 1. The Balaban J connectivity index is 1.72. The van der Waals surface area contributed by atoms with Crippen LogP contribution in [0.15, 0.2) is 36.0 Å². The minimum absolute atomic E-state index is 0.229. The van der Waals surface area contributed by atoms with Crippen molar-refractivity contribution in [2.75, 3.05) is 0 Å². The summed E-state index contributed by atoms with van der Waals surface area (Å²) < 4.78 is 22.5. The number of esters is 2. The van der Waals surface area contributed by atoms with E-state index in [1.807, 2.05) is 0 Å². The van der Waals surface area contributed by atoms with Gasteiger partial charge in [-0.1, -0.05) is 12.7 Å². The van der Waals surface area contributed by atoms with E-state index in [2.05, 4.69) is 6.58 Å². The highest BCUT2D eigenvalue weighted by atomic mass is 16.7. The van der Waals surface area contributed by atoms with Crippen molar-refractivity contribution in [3.63, 3.8) is 0 Å². The van der Waals surface area contributed by atoms with Crippen molar-refractivity contribution >= 4 is 11.9 Å². The molecule has 0 aliphatic carbocycles. The highest BCUT2D eigenvalue weighted by Crippen LogP contribution is 2.45. The topological polar surface area (TPSA) is 94.6 Å². The Kier molecular flexibility index (Phi) is 3.77. The zero-order chi connectivity index (χ0) is 19.8. The van der Waals surface area contributed by atoms with E-state index < -0.39 is 47.1 Å². The van der Waals surface area contributed by atoms with Gasteiger partial charge in [0.2, 0.25) is 5.79 Å². The van der Waals surface area contributed by atoms with Gasteiger partial charge in [0.15, 0.2) is 5.60 Å². The molecule has 2 fully saturated rings. The lowest BCUT2D eigenvalue weighted by Crippen LogP contribution is -2.42. The molecule has 7 nitrogen and oxygen atoms in total. The van der Waals surface area contributed by atoms with Crippen molar-refractivity contribution in [1.82, 2.24) is 0 Å². The average Bonchev–Trinajstić information content (AvgIpc) is 2.91. The molecule has 4 rings (SSSR count). The fourth-order valence-corrected chi connectivity index (χ4v) is 4.02. The molecule has 0 saturated carbocycles. The normalized spacial score (nSPS) is 50.0. The van der Waals surface area contributed by atoms with E-state index in [1.54, 1.807) is 45.9 Å². The maximum absolute atomic E-state index is 12.7. The molecule has 0 radical (unpaired) electrons. The minimum Gasteiger partial charge on any atom is -0.459 e. The first-order valence-corrected chi connectivity index (χ1v) is 9.08. The van der Waals surface area contributed by atoms with Gasteiger partial charge in [0.25, 0.3) is 0 Å². The second-order valence-electron chi connectivity index (χ2n) is 8.23. The van der Waals surface area contributed by atoms with Crippen LogP contribution in [0.4, 0.5) is 0 Å². The number of rotatable bonds is 2. The monoisotopic (exact) mass is 376 g/mol. The number of ether oxygens (including phenoxy) is 4. The molecule has 0 amide bonds. The van der Waals surface area contributed by atoms with Crippen LogP contribution < -0.4 is 0 Å². The van der Waals surface area contributed by atoms with Crippen LogP contribution in [0, 0.1) is 5.92 Å². The van der Waals surface area contributed by atoms with Gasteiger partial charge >= 0.3 is 11.9 Å². The summed E-state index contributed by atoms with van der Waals surface area (Å²) in [5.74, 6) is -3.18. The van der Waals surface area contributed by atoms with Gasteiger partial charge in [-0.2, -0.15) is 0 Å². The number of epoxide rings is 1. The number of carbonyl (C=O) groups excluding carboxylic acids is 2. The molecular weight excluding hydrogens is 352 g/mol. The molecule has 1 N–H and O–H groups in total. The van der Waals surface area contributed by atoms with Crippen molar-refractivity contribution in [2.24, 2.45) is 5.92 Å². The SMILES string of the molecule is C=C1C(=O)O[C@@H]2/C=C(/C)[C@@]3(O)C=C[C@@](C)(C[C@@H](OC(=O)[C@@]4(C)O[C@@H]4C)[C@@H]12)O3. The smallest absolute Gasteiger partial charge is 0.341 e. The van der Waals surface area contributed by atoms with E-state index in [9.17, 15) is 14.7 Å².